The topological polar surface area (TPSA) is 107 Å². The third-order valence-corrected chi connectivity index (χ3v) is 2.58. The van der Waals surface area contributed by atoms with E-state index in [1.807, 2.05) is 5.43 Å². The highest BCUT2D eigenvalue weighted by Crippen LogP contribution is 2.24. The van der Waals surface area contributed by atoms with Crippen molar-refractivity contribution in [2.45, 2.75) is 13.5 Å². The Bertz CT molecular complexity index is 651. The molecule has 2 aromatic rings. The quantitative estimate of drug-likeness (QED) is 0.438. The number of benzene rings is 1. The average molecular weight is 289 g/mol. The molecule has 0 aliphatic rings. The van der Waals surface area contributed by atoms with E-state index in [2.05, 4.69) is 5.32 Å². The molecule has 7 nitrogen and oxygen atoms in total. The van der Waals surface area contributed by atoms with E-state index < -0.39 is 5.91 Å². The minimum Gasteiger partial charge on any atom is -0.483 e. The summed E-state index contributed by atoms with van der Waals surface area (Å²) in [6.07, 6.45) is 0. The van der Waals surface area contributed by atoms with Crippen LogP contribution in [0.1, 0.15) is 23.2 Å². The molecular weight excluding hydrogens is 274 g/mol. The number of amides is 2. The molecule has 0 saturated carbocycles. The molecule has 0 aliphatic heterocycles. The van der Waals surface area contributed by atoms with Gasteiger partial charge in [-0.15, -0.1) is 0 Å². The minimum absolute atomic E-state index is 0.103. The van der Waals surface area contributed by atoms with Gasteiger partial charge in [-0.1, -0.05) is 12.1 Å². The zero-order chi connectivity index (χ0) is 15.2. The van der Waals surface area contributed by atoms with Gasteiger partial charge in [0.1, 0.15) is 18.1 Å². The van der Waals surface area contributed by atoms with Crippen LogP contribution in [0.2, 0.25) is 0 Å². The van der Waals surface area contributed by atoms with Crippen molar-refractivity contribution in [2.75, 3.05) is 5.32 Å². The number of furan rings is 1. The number of rotatable bonds is 5. The molecule has 0 bridgehead atoms. The van der Waals surface area contributed by atoms with Crippen LogP contribution in [0.15, 0.2) is 40.8 Å². The zero-order valence-corrected chi connectivity index (χ0v) is 11.4. The van der Waals surface area contributed by atoms with Crippen molar-refractivity contribution in [1.82, 2.24) is 5.43 Å². The van der Waals surface area contributed by atoms with E-state index >= 15 is 0 Å². The lowest BCUT2D eigenvalue weighted by Gasteiger charge is -2.10. The van der Waals surface area contributed by atoms with Crippen molar-refractivity contribution < 1.29 is 18.7 Å². The monoisotopic (exact) mass is 289 g/mol. The van der Waals surface area contributed by atoms with Gasteiger partial charge in [-0.05, 0) is 24.3 Å². The molecule has 0 spiro atoms. The number of nitrogens with two attached hydrogens (primary N) is 1. The molecule has 0 aliphatic carbocycles. The van der Waals surface area contributed by atoms with Gasteiger partial charge >= 0.3 is 5.91 Å². The third-order valence-electron chi connectivity index (χ3n) is 2.58. The number of carbonyl (C=O) groups is 2. The van der Waals surface area contributed by atoms with Gasteiger partial charge in [-0.25, -0.2) is 5.84 Å². The number of nitrogen functional groups attached to an aromatic ring is 1. The van der Waals surface area contributed by atoms with Gasteiger partial charge in [0.25, 0.3) is 0 Å². The summed E-state index contributed by atoms with van der Waals surface area (Å²) in [5.74, 6) is 5.39. The van der Waals surface area contributed by atoms with Gasteiger partial charge in [0.15, 0.2) is 5.76 Å². The summed E-state index contributed by atoms with van der Waals surface area (Å²) < 4.78 is 10.9. The van der Waals surface area contributed by atoms with Gasteiger partial charge in [0.05, 0.1) is 5.69 Å². The summed E-state index contributed by atoms with van der Waals surface area (Å²) in [6, 6.07) is 10.1. The van der Waals surface area contributed by atoms with Crippen LogP contribution >= 0.6 is 0 Å². The molecule has 0 fully saturated rings. The first-order valence-corrected chi connectivity index (χ1v) is 6.19. The van der Waals surface area contributed by atoms with Crippen LogP contribution < -0.4 is 21.3 Å². The number of hydrogen-bond acceptors (Lipinski definition) is 5. The van der Waals surface area contributed by atoms with Crippen molar-refractivity contribution >= 4 is 17.5 Å². The molecule has 1 aromatic carbocycles. The molecule has 1 heterocycles. The number of para-hydroxylation sites is 2. The lowest BCUT2D eigenvalue weighted by Crippen LogP contribution is -2.29. The predicted octanol–water partition coefficient (Wildman–Crippen LogP) is 1.42. The maximum Gasteiger partial charge on any atom is 0.300 e. The van der Waals surface area contributed by atoms with Crippen molar-refractivity contribution in [2.24, 2.45) is 5.84 Å². The number of hydrazine groups is 1. The summed E-state index contributed by atoms with van der Waals surface area (Å²) in [5, 5.41) is 2.67. The Morgan fingerprint density at radius 2 is 2.00 bits per heavy atom. The van der Waals surface area contributed by atoms with Crippen molar-refractivity contribution in [3.05, 3.63) is 47.9 Å². The Morgan fingerprint density at radius 1 is 1.24 bits per heavy atom. The van der Waals surface area contributed by atoms with E-state index in [9.17, 15) is 9.59 Å². The predicted molar refractivity (Wildman–Crippen MR) is 75.4 cm³/mol. The van der Waals surface area contributed by atoms with Crippen molar-refractivity contribution in [3.8, 4) is 5.75 Å². The normalized spacial score (nSPS) is 10.0. The van der Waals surface area contributed by atoms with Crippen LogP contribution in [0, 0.1) is 0 Å². The second kappa shape index (κ2) is 6.58. The Hall–Kier alpha value is -2.80. The first-order chi connectivity index (χ1) is 10.1. The molecule has 21 heavy (non-hydrogen) atoms. The Balaban J connectivity index is 2.04. The summed E-state index contributed by atoms with van der Waals surface area (Å²) in [7, 11) is 0. The molecule has 0 radical (unpaired) electrons. The van der Waals surface area contributed by atoms with Crippen molar-refractivity contribution in [1.29, 1.82) is 0 Å². The summed E-state index contributed by atoms with van der Waals surface area (Å²) in [5.41, 5.74) is 2.54. The first kappa shape index (κ1) is 14.6. The number of anilines is 1. The van der Waals surface area contributed by atoms with E-state index in [0.717, 1.165) is 0 Å². The number of hydrogen-bond donors (Lipinski definition) is 3. The Kier molecular flexibility index (Phi) is 4.57. The molecule has 2 amide bonds. The van der Waals surface area contributed by atoms with E-state index in [4.69, 9.17) is 15.0 Å². The number of carbonyl (C=O) groups excluding carboxylic acids is 2. The second-order valence-corrected chi connectivity index (χ2v) is 4.21. The van der Waals surface area contributed by atoms with Gasteiger partial charge in [-0.2, -0.15) is 0 Å². The van der Waals surface area contributed by atoms with Crippen LogP contribution in [-0.2, 0) is 11.4 Å². The Labute approximate surface area is 121 Å². The van der Waals surface area contributed by atoms with Gasteiger partial charge in [0.2, 0.25) is 5.91 Å². The van der Waals surface area contributed by atoms with Crippen LogP contribution in [0.5, 0.6) is 5.75 Å². The van der Waals surface area contributed by atoms with E-state index in [1.54, 1.807) is 30.3 Å². The summed E-state index contributed by atoms with van der Waals surface area (Å²) >= 11 is 0. The van der Waals surface area contributed by atoms with Crippen molar-refractivity contribution in [3.63, 3.8) is 0 Å². The largest absolute Gasteiger partial charge is 0.483 e. The van der Waals surface area contributed by atoms with Crippen LogP contribution in [0.4, 0.5) is 5.69 Å². The molecule has 1 aromatic heterocycles. The minimum atomic E-state index is -0.514. The van der Waals surface area contributed by atoms with Crippen LogP contribution in [0.3, 0.4) is 0 Å². The smallest absolute Gasteiger partial charge is 0.300 e. The highest BCUT2D eigenvalue weighted by Gasteiger charge is 2.11. The summed E-state index contributed by atoms with van der Waals surface area (Å²) in [6.45, 7) is 1.54. The van der Waals surface area contributed by atoms with E-state index in [-0.39, 0.29) is 18.3 Å². The van der Waals surface area contributed by atoms with Crippen LogP contribution in [-0.4, -0.2) is 11.8 Å². The highest BCUT2D eigenvalue weighted by molar-refractivity contribution is 5.91. The first-order valence-electron chi connectivity index (χ1n) is 6.19. The lowest BCUT2D eigenvalue weighted by molar-refractivity contribution is -0.114. The zero-order valence-electron chi connectivity index (χ0n) is 11.4. The molecule has 110 valence electrons. The van der Waals surface area contributed by atoms with E-state index in [0.29, 0.717) is 17.2 Å². The average Bonchev–Trinajstić information content (AvgIpc) is 2.94. The maximum atomic E-state index is 11.3. The Morgan fingerprint density at radius 3 is 2.71 bits per heavy atom. The summed E-state index contributed by atoms with van der Waals surface area (Å²) in [4.78, 5) is 22.4. The molecule has 0 unspecified atom stereocenters. The maximum absolute atomic E-state index is 11.3. The fraction of sp³-hybridized carbons (Fsp3) is 0.143. The van der Waals surface area contributed by atoms with E-state index in [1.165, 1.54) is 13.0 Å². The SMILES string of the molecule is CC(=O)Nc1ccccc1OCc1ccc(C(=O)NN)o1. The molecular formula is C14H15N3O4. The molecule has 2 rings (SSSR count). The molecule has 0 atom stereocenters. The molecule has 4 N–H and O–H groups in total. The van der Waals surface area contributed by atoms with Gasteiger partial charge in [-0.3, -0.25) is 15.0 Å². The highest BCUT2D eigenvalue weighted by atomic mass is 16.5. The van der Waals surface area contributed by atoms with Gasteiger partial charge in [0, 0.05) is 6.92 Å². The standard InChI is InChI=1S/C14H15N3O4/c1-9(18)16-11-4-2-3-5-12(11)20-8-10-6-7-13(21-10)14(19)17-15/h2-7H,8,15H2,1H3,(H,16,18)(H,17,19). The third kappa shape index (κ3) is 3.83. The molecule has 7 heteroatoms. The molecule has 0 saturated heterocycles. The van der Waals surface area contributed by atoms with Gasteiger partial charge < -0.3 is 14.5 Å². The fourth-order valence-electron chi connectivity index (χ4n) is 1.68. The number of ether oxygens (including phenoxy) is 1. The number of nitrogens with one attached hydrogen (secondary N) is 2. The second-order valence-electron chi connectivity index (χ2n) is 4.21. The fourth-order valence-corrected chi connectivity index (χ4v) is 1.68. The lowest BCUT2D eigenvalue weighted by atomic mass is 10.3. The van der Waals surface area contributed by atoms with Crippen LogP contribution in [0.25, 0.3) is 0 Å².